The van der Waals surface area contributed by atoms with Crippen molar-refractivity contribution >= 4 is 5.91 Å². The molecular weight excluding hydrogens is 212 g/mol. The lowest BCUT2D eigenvalue weighted by atomic mass is 9.93. The Hall–Kier alpha value is -0.830. The molecule has 0 saturated heterocycles. The summed E-state index contributed by atoms with van der Waals surface area (Å²) in [4.78, 5) is 12.0. The molecule has 96 valence electrons. The molecule has 0 radical (unpaired) electrons. The monoisotopic (exact) mass is 236 g/mol. The zero-order chi connectivity index (χ0) is 12.1. The van der Waals surface area contributed by atoms with Crippen molar-refractivity contribution in [3.8, 4) is 0 Å². The number of nitrogens with one attached hydrogen (secondary N) is 1. The van der Waals surface area contributed by atoms with E-state index in [9.17, 15) is 4.79 Å². The second-order valence-corrected chi connectivity index (χ2v) is 5.38. The molecule has 2 aliphatic rings. The number of fused-ring (bicyclic) bond motifs is 2. The number of amides is 1. The van der Waals surface area contributed by atoms with E-state index in [2.05, 4.69) is 17.5 Å². The molecular formula is C14H24N2O. The van der Waals surface area contributed by atoms with Gasteiger partial charge < -0.3 is 11.1 Å². The Bertz CT molecular complexity index is 288. The third-order valence-corrected chi connectivity index (χ3v) is 4.05. The van der Waals surface area contributed by atoms with E-state index in [0.29, 0.717) is 11.8 Å². The number of nitrogens with two attached hydrogens (primary N) is 1. The van der Waals surface area contributed by atoms with Crippen molar-refractivity contribution < 1.29 is 4.79 Å². The summed E-state index contributed by atoms with van der Waals surface area (Å²) in [5.74, 6) is 1.74. The molecule has 2 bridgehead atoms. The van der Waals surface area contributed by atoms with Crippen LogP contribution in [0.25, 0.3) is 0 Å². The summed E-state index contributed by atoms with van der Waals surface area (Å²) in [7, 11) is 0. The molecule has 0 aromatic heterocycles. The van der Waals surface area contributed by atoms with Crippen LogP contribution in [0.1, 0.15) is 38.5 Å². The molecule has 0 aromatic carbocycles. The average molecular weight is 236 g/mol. The summed E-state index contributed by atoms with van der Waals surface area (Å²) >= 11 is 0. The lowest BCUT2D eigenvalue weighted by Crippen LogP contribution is -2.33. The summed E-state index contributed by atoms with van der Waals surface area (Å²) in [6.45, 7) is 1.62. The first-order chi connectivity index (χ1) is 8.31. The number of rotatable bonds is 7. The smallest absolute Gasteiger partial charge is 0.223 e. The van der Waals surface area contributed by atoms with Crippen LogP contribution in [-0.2, 0) is 4.79 Å². The first-order valence-electron chi connectivity index (χ1n) is 6.97. The van der Waals surface area contributed by atoms with Crippen LogP contribution in [0, 0.1) is 17.8 Å². The lowest BCUT2D eigenvalue weighted by Gasteiger charge is -2.17. The summed E-state index contributed by atoms with van der Waals surface area (Å²) in [6.07, 6.45) is 11.3. The number of carbonyl (C=O) groups is 1. The molecule has 17 heavy (non-hydrogen) atoms. The van der Waals surface area contributed by atoms with Crippen LogP contribution in [0.3, 0.4) is 0 Å². The minimum atomic E-state index is 0.258. The average Bonchev–Trinajstić information content (AvgIpc) is 2.95. The van der Waals surface area contributed by atoms with Crippen LogP contribution < -0.4 is 11.1 Å². The summed E-state index contributed by atoms with van der Waals surface area (Å²) in [6, 6.07) is 0. The van der Waals surface area contributed by atoms with E-state index >= 15 is 0 Å². The molecule has 3 N–H and O–H groups in total. The zero-order valence-corrected chi connectivity index (χ0v) is 10.5. The molecule has 1 saturated carbocycles. The van der Waals surface area contributed by atoms with Crippen molar-refractivity contribution in [1.82, 2.24) is 5.32 Å². The molecule has 3 heteroatoms. The third-order valence-electron chi connectivity index (χ3n) is 4.05. The Morgan fingerprint density at radius 1 is 1.18 bits per heavy atom. The zero-order valence-electron chi connectivity index (χ0n) is 10.5. The second kappa shape index (κ2) is 6.20. The van der Waals surface area contributed by atoms with Crippen LogP contribution in [0.4, 0.5) is 0 Å². The van der Waals surface area contributed by atoms with Gasteiger partial charge in [-0.3, -0.25) is 4.79 Å². The Kier molecular flexibility index (Phi) is 4.60. The minimum Gasteiger partial charge on any atom is -0.356 e. The van der Waals surface area contributed by atoms with E-state index in [0.717, 1.165) is 32.4 Å². The van der Waals surface area contributed by atoms with Gasteiger partial charge in [-0.05, 0) is 44.1 Å². The third kappa shape index (κ3) is 3.32. The van der Waals surface area contributed by atoms with Crippen LogP contribution in [0.5, 0.6) is 0 Å². The highest BCUT2D eigenvalue weighted by molar-refractivity contribution is 5.79. The van der Waals surface area contributed by atoms with Crippen molar-refractivity contribution in [2.75, 3.05) is 13.1 Å². The first kappa shape index (κ1) is 12.6. The summed E-state index contributed by atoms with van der Waals surface area (Å²) in [5.41, 5.74) is 5.43. The maximum absolute atomic E-state index is 12.0. The predicted molar refractivity (Wildman–Crippen MR) is 69.4 cm³/mol. The SMILES string of the molecule is NCCCCCCNC(=O)C1CC2C=CC1C2. The lowest BCUT2D eigenvalue weighted by molar-refractivity contribution is -0.125. The quantitative estimate of drug-likeness (QED) is 0.523. The van der Waals surface area contributed by atoms with Crippen molar-refractivity contribution in [1.29, 1.82) is 0 Å². The molecule has 0 heterocycles. The van der Waals surface area contributed by atoms with Gasteiger partial charge in [-0.25, -0.2) is 0 Å². The van der Waals surface area contributed by atoms with E-state index in [4.69, 9.17) is 5.73 Å². The fourth-order valence-electron chi connectivity index (χ4n) is 3.05. The molecule has 3 atom stereocenters. The van der Waals surface area contributed by atoms with E-state index in [-0.39, 0.29) is 11.8 Å². The van der Waals surface area contributed by atoms with Crippen LogP contribution in [0.2, 0.25) is 0 Å². The molecule has 3 unspecified atom stereocenters. The fraction of sp³-hybridized carbons (Fsp3) is 0.786. The Morgan fingerprint density at radius 2 is 2.00 bits per heavy atom. The van der Waals surface area contributed by atoms with E-state index in [1.165, 1.54) is 19.3 Å². The van der Waals surface area contributed by atoms with Gasteiger partial charge in [0.2, 0.25) is 5.91 Å². The van der Waals surface area contributed by atoms with Crippen LogP contribution in [0.15, 0.2) is 12.2 Å². The van der Waals surface area contributed by atoms with E-state index in [1.54, 1.807) is 0 Å². The van der Waals surface area contributed by atoms with Gasteiger partial charge in [-0.2, -0.15) is 0 Å². The van der Waals surface area contributed by atoms with Gasteiger partial charge in [0.05, 0.1) is 0 Å². The van der Waals surface area contributed by atoms with E-state index in [1.807, 2.05) is 0 Å². The second-order valence-electron chi connectivity index (χ2n) is 5.38. The van der Waals surface area contributed by atoms with Crippen molar-refractivity contribution in [3.63, 3.8) is 0 Å². The standard InChI is InChI=1S/C14H24N2O/c15-7-3-1-2-4-8-16-14(17)13-10-11-5-6-12(13)9-11/h5-6,11-13H,1-4,7-10,15H2,(H,16,17). The highest BCUT2D eigenvalue weighted by Gasteiger charge is 2.39. The van der Waals surface area contributed by atoms with Gasteiger partial charge in [0.1, 0.15) is 0 Å². The summed E-state index contributed by atoms with van der Waals surface area (Å²) in [5, 5.41) is 3.08. The number of allylic oxidation sites excluding steroid dienone is 2. The molecule has 0 aliphatic heterocycles. The molecule has 1 amide bonds. The number of unbranched alkanes of at least 4 members (excludes halogenated alkanes) is 3. The molecule has 2 rings (SSSR count). The highest BCUT2D eigenvalue weighted by atomic mass is 16.1. The predicted octanol–water partition coefficient (Wildman–Crippen LogP) is 1.83. The first-order valence-corrected chi connectivity index (χ1v) is 6.97. The normalized spacial score (nSPS) is 29.8. The van der Waals surface area contributed by atoms with Gasteiger partial charge in [0, 0.05) is 12.5 Å². The Labute approximate surface area is 104 Å². The fourth-order valence-corrected chi connectivity index (χ4v) is 3.05. The molecule has 0 aromatic rings. The highest BCUT2D eigenvalue weighted by Crippen LogP contribution is 2.43. The topological polar surface area (TPSA) is 55.1 Å². The van der Waals surface area contributed by atoms with Gasteiger partial charge in [-0.1, -0.05) is 25.0 Å². The van der Waals surface area contributed by atoms with Crippen LogP contribution in [-0.4, -0.2) is 19.0 Å². The van der Waals surface area contributed by atoms with Gasteiger partial charge in [0.25, 0.3) is 0 Å². The molecule has 0 spiro atoms. The Morgan fingerprint density at radius 3 is 2.65 bits per heavy atom. The maximum atomic E-state index is 12.0. The number of carbonyl (C=O) groups excluding carboxylic acids is 1. The minimum absolute atomic E-state index is 0.258. The molecule has 3 nitrogen and oxygen atoms in total. The maximum Gasteiger partial charge on any atom is 0.223 e. The van der Waals surface area contributed by atoms with Crippen LogP contribution >= 0.6 is 0 Å². The van der Waals surface area contributed by atoms with Gasteiger partial charge >= 0.3 is 0 Å². The van der Waals surface area contributed by atoms with Crippen molar-refractivity contribution in [3.05, 3.63) is 12.2 Å². The number of hydrogen-bond acceptors (Lipinski definition) is 2. The Balaban J connectivity index is 1.57. The van der Waals surface area contributed by atoms with Gasteiger partial charge in [0.15, 0.2) is 0 Å². The van der Waals surface area contributed by atoms with Crippen molar-refractivity contribution in [2.24, 2.45) is 23.5 Å². The van der Waals surface area contributed by atoms with Gasteiger partial charge in [-0.15, -0.1) is 0 Å². The molecule has 1 fully saturated rings. The number of hydrogen-bond donors (Lipinski definition) is 2. The van der Waals surface area contributed by atoms with Crippen molar-refractivity contribution in [2.45, 2.75) is 38.5 Å². The molecule has 2 aliphatic carbocycles. The summed E-state index contributed by atoms with van der Waals surface area (Å²) < 4.78 is 0. The largest absolute Gasteiger partial charge is 0.356 e. The van der Waals surface area contributed by atoms with E-state index < -0.39 is 0 Å².